The monoisotopic (exact) mass is 582 g/mol. The van der Waals surface area contributed by atoms with Crippen molar-refractivity contribution in [2.45, 2.75) is 130 Å². The van der Waals surface area contributed by atoms with Crippen LogP contribution in [0.4, 0.5) is 0 Å². The molecule has 0 heterocycles. The van der Waals surface area contributed by atoms with Gasteiger partial charge in [-0.25, -0.2) is 0 Å². The van der Waals surface area contributed by atoms with Crippen molar-refractivity contribution in [3.63, 3.8) is 0 Å². The summed E-state index contributed by atoms with van der Waals surface area (Å²) in [4.78, 5) is 27.9. The number of carbonyl (C=O) groups excluding carboxylic acids is 2. The molecule has 2 rings (SSSR count). The van der Waals surface area contributed by atoms with Crippen LogP contribution in [0, 0.1) is 0 Å². The summed E-state index contributed by atoms with van der Waals surface area (Å²) in [5.74, 6) is -0.793. The van der Waals surface area contributed by atoms with Crippen molar-refractivity contribution < 1.29 is 29.3 Å². The maximum atomic E-state index is 14.5. The highest BCUT2D eigenvalue weighted by Crippen LogP contribution is 2.49. The van der Waals surface area contributed by atoms with Crippen LogP contribution in [-0.4, -0.2) is 35.4 Å². The summed E-state index contributed by atoms with van der Waals surface area (Å²) in [5.41, 5.74) is 0.171. The van der Waals surface area contributed by atoms with Crippen LogP contribution in [0.2, 0.25) is 0 Å². The van der Waals surface area contributed by atoms with E-state index in [1.54, 1.807) is 13.8 Å². The number of phenols is 2. The lowest BCUT2D eigenvalue weighted by Gasteiger charge is -2.37. The smallest absolute Gasteiger partial charge is 0.321 e. The summed E-state index contributed by atoms with van der Waals surface area (Å²) in [5, 5.41) is 23.1. The minimum atomic E-state index is -1.62. The van der Waals surface area contributed by atoms with Gasteiger partial charge in [0.1, 0.15) is 16.9 Å². The second kappa shape index (κ2) is 11.9. The molecule has 0 atom stereocenters. The number of esters is 2. The average Bonchev–Trinajstić information content (AvgIpc) is 2.80. The van der Waals surface area contributed by atoms with Crippen LogP contribution in [-0.2, 0) is 46.1 Å². The maximum Gasteiger partial charge on any atom is 0.321 e. The number of carbonyl (C=O) groups is 2. The highest BCUT2D eigenvalue weighted by molar-refractivity contribution is 5.93. The summed E-state index contributed by atoms with van der Waals surface area (Å²) in [6.45, 7) is 27.8. The van der Waals surface area contributed by atoms with E-state index in [1.807, 2.05) is 107 Å². The van der Waals surface area contributed by atoms with Crippen molar-refractivity contribution in [1.29, 1.82) is 0 Å². The molecule has 0 aliphatic rings. The Labute approximate surface area is 253 Å². The van der Waals surface area contributed by atoms with Crippen LogP contribution in [0.25, 0.3) is 0 Å². The SMILES string of the molecule is CCOC(=O)CC(C(=O)OCC)(c1cc(C(C)(C)C)c(O)c(C(C)(C)C)c1)c1cc(C(C)(C)C)c(O)c(C(C)(C)C)c1. The van der Waals surface area contributed by atoms with Crippen molar-refractivity contribution in [3.05, 3.63) is 57.6 Å². The summed E-state index contributed by atoms with van der Waals surface area (Å²) in [6.07, 6.45) is -0.310. The Morgan fingerprint density at radius 3 is 1.10 bits per heavy atom. The van der Waals surface area contributed by atoms with Crippen LogP contribution in [0.15, 0.2) is 24.3 Å². The largest absolute Gasteiger partial charge is 0.507 e. The Morgan fingerprint density at radius 2 is 0.857 bits per heavy atom. The van der Waals surface area contributed by atoms with Crippen molar-refractivity contribution in [2.24, 2.45) is 0 Å². The first-order valence-electron chi connectivity index (χ1n) is 15.0. The molecule has 0 saturated heterocycles. The fraction of sp³-hybridized carbons (Fsp3) is 0.611. The average molecular weight is 583 g/mol. The summed E-state index contributed by atoms with van der Waals surface area (Å²) >= 11 is 0. The quantitative estimate of drug-likeness (QED) is 0.321. The molecule has 234 valence electrons. The lowest BCUT2D eigenvalue weighted by atomic mass is 9.66. The van der Waals surface area contributed by atoms with Gasteiger partial charge in [0.25, 0.3) is 0 Å². The Bertz CT molecular complexity index is 1150. The first-order chi connectivity index (χ1) is 18.9. The molecule has 0 saturated carbocycles. The molecule has 2 aromatic carbocycles. The molecule has 2 N–H and O–H groups in total. The van der Waals surface area contributed by atoms with Gasteiger partial charge < -0.3 is 19.7 Å². The van der Waals surface area contributed by atoms with Crippen molar-refractivity contribution in [1.82, 2.24) is 0 Å². The van der Waals surface area contributed by atoms with Gasteiger partial charge in [-0.05, 0) is 68.9 Å². The molecule has 42 heavy (non-hydrogen) atoms. The predicted octanol–water partition coefficient (Wildman–Crippen LogP) is 8.09. The van der Waals surface area contributed by atoms with E-state index in [4.69, 9.17) is 9.47 Å². The third-order valence-electron chi connectivity index (χ3n) is 7.78. The second-order valence-corrected chi connectivity index (χ2v) is 15.4. The molecule has 6 nitrogen and oxygen atoms in total. The summed E-state index contributed by atoms with van der Waals surface area (Å²) < 4.78 is 11.2. The number of rotatable bonds is 7. The molecule has 6 heteroatoms. The van der Waals surface area contributed by atoms with Gasteiger partial charge in [0.05, 0.1) is 19.6 Å². The van der Waals surface area contributed by atoms with Gasteiger partial charge in [0, 0.05) is 0 Å². The number of aromatic hydroxyl groups is 2. The van der Waals surface area contributed by atoms with E-state index in [9.17, 15) is 19.8 Å². The fourth-order valence-corrected chi connectivity index (χ4v) is 5.41. The zero-order valence-electron chi connectivity index (χ0n) is 28.5. The van der Waals surface area contributed by atoms with Crippen LogP contribution in [0.5, 0.6) is 11.5 Å². The van der Waals surface area contributed by atoms with Gasteiger partial charge in [-0.15, -0.1) is 0 Å². The molecule has 0 amide bonds. The summed E-state index contributed by atoms with van der Waals surface area (Å²) in [7, 11) is 0. The van der Waals surface area contributed by atoms with Gasteiger partial charge in [-0.2, -0.15) is 0 Å². The van der Waals surface area contributed by atoms with Crippen molar-refractivity contribution >= 4 is 11.9 Å². The van der Waals surface area contributed by atoms with E-state index >= 15 is 0 Å². The minimum absolute atomic E-state index is 0.107. The van der Waals surface area contributed by atoms with E-state index in [1.165, 1.54) is 0 Å². The lowest BCUT2D eigenvalue weighted by Crippen LogP contribution is -2.42. The van der Waals surface area contributed by atoms with Gasteiger partial charge in [0.2, 0.25) is 0 Å². The minimum Gasteiger partial charge on any atom is -0.507 e. The Balaban J connectivity index is 3.35. The summed E-state index contributed by atoms with van der Waals surface area (Å²) in [6, 6.07) is 7.34. The zero-order chi connectivity index (χ0) is 32.6. The molecule has 0 bridgehead atoms. The number of hydrogen-bond acceptors (Lipinski definition) is 6. The Kier molecular flexibility index (Phi) is 9.99. The molecular weight excluding hydrogens is 528 g/mol. The Hall–Kier alpha value is -3.02. The molecule has 0 aliphatic carbocycles. The number of ether oxygens (including phenoxy) is 2. The van der Waals surface area contributed by atoms with Crippen molar-refractivity contribution in [2.75, 3.05) is 13.2 Å². The number of phenolic OH excluding ortho intramolecular Hbond substituents is 2. The van der Waals surface area contributed by atoms with E-state index < -0.39 is 39.0 Å². The molecule has 0 aromatic heterocycles. The normalized spacial score (nSPS) is 13.2. The van der Waals surface area contributed by atoms with E-state index in [0.717, 1.165) is 0 Å². The molecule has 2 aromatic rings. The third kappa shape index (κ3) is 7.12. The van der Waals surface area contributed by atoms with Crippen LogP contribution in [0.3, 0.4) is 0 Å². The van der Waals surface area contributed by atoms with Gasteiger partial charge in [-0.3, -0.25) is 9.59 Å². The molecule has 0 aliphatic heterocycles. The lowest BCUT2D eigenvalue weighted by molar-refractivity contribution is -0.155. The topological polar surface area (TPSA) is 93.1 Å². The van der Waals surface area contributed by atoms with Crippen molar-refractivity contribution in [3.8, 4) is 11.5 Å². The number of benzene rings is 2. The standard InChI is InChI=1S/C36H54O6/c1-15-41-28(37)21-36(31(40)42-16-2,22-17-24(32(3,4)5)29(38)25(18-22)33(6,7)8)23-19-26(34(9,10)11)30(39)27(20-23)35(12,13)14/h17-20,38-39H,15-16,21H2,1-14H3. The first kappa shape index (κ1) is 35.2. The van der Waals surface area contributed by atoms with Crippen LogP contribution in [0.1, 0.15) is 137 Å². The highest BCUT2D eigenvalue weighted by Gasteiger charge is 2.49. The highest BCUT2D eigenvalue weighted by atomic mass is 16.5. The molecule has 0 spiro atoms. The maximum absolute atomic E-state index is 14.5. The Morgan fingerprint density at radius 1 is 0.571 bits per heavy atom. The molecule has 0 fully saturated rings. The second-order valence-electron chi connectivity index (χ2n) is 15.4. The predicted molar refractivity (Wildman–Crippen MR) is 170 cm³/mol. The van der Waals surface area contributed by atoms with Gasteiger partial charge >= 0.3 is 11.9 Å². The van der Waals surface area contributed by atoms with Crippen LogP contribution < -0.4 is 0 Å². The molecule has 0 unspecified atom stereocenters. The third-order valence-corrected chi connectivity index (χ3v) is 7.78. The van der Waals surface area contributed by atoms with E-state index in [2.05, 4.69) is 0 Å². The fourth-order valence-electron chi connectivity index (χ4n) is 5.41. The van der Waals surface area contributed by atoms with E-state index in [0.29, 0.717) is 33.4 Å². The molecular formula is C36H54O6. The molecule has 0 radical (unpaired) electrons. The van der Waals surface area contributed by atoms with Crippen LogP contribution >= 0.6 is 0 Å². The van der Waals surface area contributed by atoms with Gasteiger partial charge in [-0.1, -0.05) is 107 Å². The van der Waals surface area contributed by atoms with Gasteiger partial charge in [0.15, 0.2) is 0 Å². The first-order valence-corrected chi connectivity index (χ1v) is 15.0. The number of hydrogen-bond donors (Lipinski definition) is 2. The van der Waals surface area contributed by atoms with E-state index in [-0.39, 0.29) is 31.1 Å². The zero-order valence-corrected chi connectivity index (χ0v) is 28.5.